The van der Waals surface area contributed by atoms with Gasteiger partial charge in [-0.1, -0.05) is 12.1 Å². The summed E-state index contributed by atoms with van der Waals surface area (Å²) in [6.07, 6.45) is 5.87. The molecule has 1 aliphatic heterocycles. The molecule has 0 saturated carbocycles. The van der Waals surface area contributed by atoms with E-state index in [9.17, 15) is 19.5 Å². The van der Waals surface area contributed by atoms with E-state index in [0.29, 0.717) is 59.3 Å². The fraction of sp³-hybridized carbons (Fsp3) is 0.281. The van der Waals surface area contributed by atoms with Crippen LogP contribution in [0.25, 0.3) is 0 Å². The molecule has 52 heavy (non-hydrogen) atoms. The predicted molar refractivity (Wildman–Crippen MR) is 185 cm³/mol. The van der Waals surface area contributed by atoms with Gasteiger partial charge in [-0.3, -0.25) is 4.79 Å². The second kappa shape index (κ2) is 23.5. The number of carbonyl (C=O) groups is 3. The molecule has 17 nitrogen and oxygen atoms in total. The first-order chi connectivity index (χ1) is 25.1. The first-order valence-corrected chi connectivity index (χ1v) is 17.3. The molecule has 5 heterocycles. The summed E-state index contributed by atoms with van der Waals surface area (Å²) in [4.78, 5) is 49.8. The molecule has 1 aliphatic rings. The average Bonchev–Trinajstić information content (AvgIpc) is 3.72. The van der Waals surface area contributed by atoms with Gasteiger partial charge in [0, 0.05) is 64.1 Å². The van der Waals surface area contributed by atoms with Crippen LogP contribution in [-0.2, 0) is 36.7 Å². The molecule has 5 rings (SSSR count). The highest BCUT2D eigenvalue weighted by molar-refractivity contribution is 8.26. The summed E-state index contributed by atoms with van der Waals surface area (Å²) in [5.41, 5.74) is 2.06. The highest BCUT2D eigenvalue weighted by Crippen LogP contribution is 2.33. The number of ether oxygens (including phenoxy) is 7. The van der Waals surface area contributed by atoms with Gasteiger partial charge in [-0.2, -0.15) is 0 Å². The van der Waals surface area contributed by atoms with E-state index in [1.807, 2.05) is 0 Å². The number of hydrogen-bond donors (Lipinski definition) is 2. The topological polar surface area (TPSA) is 225 Å². The lowest BCUT2D eigenvalue weighted by Crippen LogP contribution is -2.10. The Morgan fingerprint density at radius 2 is 1.37 bits per heavy atom. The number of hydrogen-bond acceptors (Lipinski definition) is 16. The van der Waals surface area contributed by atoms with Crippen molar-refractivity contribution in [1.82, 2.24) is 19.9 Å². The number of esters is 1. The van der Waals surface area contributed by atoms with Crippen molar-refractivity contribution >= 4 is 48.8 Å². The number of pyridine rings is 4. The number of rotatable bonds is 12. The van der Waals surface area contributed by atoms with Gasteiger partial charge in [-0.05, 0) is 12.1 Å². The summed E-state index contributed by atoms with van der Waals surface area (Å²) < 4.78 is 46.1. The van der Waals surface area contributed by atoms with Gasteiger partial charge in [-0.25, -0.2) is 33.7 Å². The molecular formula is C32H34Cl2N4O13S. The normalized spacial score (nSPS) is 11.7. The van der Waals surface area contributed by atoms with Gasteiger partial charge in [-0.15, -0.1) is 0 Å². The van der Waals surface area contributed by atoms with E-state index >= 15 is 0 Å². The molecule has 0 radical (unpaired) electrons. The summed E-state index contributed by atoms with van der Waals surface area (Å²) in [5.74, 6) is -0.221. The third-order valence-electron chi connectivity index (χ3n) is 6.30. The zero-order valence-corrected chi connectivity index (χ0v) is 30.4. The van der Waals surface area contributed by atoms with Gasteiger partial charge in [0.25, 0.3) is 0 Å². The van der Waals surface area contributed by atoms with E-state index in [1.165, 1.54) is 52.2 Å². The quantitative estimate of drug-likeness (QED) is 0.117. The fourth-order valence-electron chi connectivity index (χ4n) is 4.05. The third kappa shape index (κ3) is 13.6. The van der Waals surface area contributed by atoms with Crippen molar-refractivity contribution in [3.63, 3.8) is 0 Å². The van der Waals surface area contributed by atoms with Crippen LogP contribution >= 0.6 is 21.4 Å². The summed E-state index contributed by atoms with van der Waals surface area (Å²) >= 11 is 0. The Balaban J connectivity index is 0.000000314. The molecule has 0 bridgehead atoms. The van der Waals surface area contributed by atoms with Crippen molar-refractivity contribution in [3.8, 4) is 23.3 Å². The smallest absolute Gasteiger partial charge is 0.357 e. The van der Waals surface area contributed by atoms with E-state index < -0.39 is 27.5 Å². The molecule has 20 heteroatoms. The van der Waals surface area contributed by atoms with Crippen LogP contribution in [0.5, 0.6) is 23.3 Å². The van der Waals surface area contributed by atoms with Gasteiger partial charge in [0.2, 0.25) is 21.0 Å². The van der Waals surface area contributed by atoms with Crippen LogP contribution in [0.1, 0.15) is 54.3 Å². The molecule has 4 aromatic rings. The van der Waals surface area contributed by atoms with Crippen LogP contribution in [-0.4, -0.2) is 94.2 Å². The van der Waals surface area contributed by atoms with E-state index in [2.05, 4.69) is 46.0 Å². The number of carbonyl (C=O) groups excluding carboxylic acids is 2. The Labute approximate surface area is 309 Å². The highest BCUT2D eigenvalue weighted by Gasteiger charge is 2.24. The van der Waals surface area contributed by atoms with Gasteiger partial charge in [0.15, 0.2) is 24.0 Å². The Bertz CT molecular complexity index is 1780. The number of carboxylic acid groups (broad SMARTS) is 1. The lowest BCUT2D eigenvalue weighted by molar-refractivity contribution is -0.0461. The average molecular weight is 786 g/mol. The molecular weight excluding hydrogens is 751 g/mol. The Morgan fingerprint density at radius 1 is 0.865 bits per heavy atom. The molecule has 1 saturated heterocycles. The fourth-order valence-corrected chi connectivity index (χ4v) is 4.05. The van der Waals surface area contributed by atoms with Crippen molar-refractivity contribution in [2.45, 2.75) is 19.5 Å². The third-order valence-corrected chi connectivity index (χ3v) is 6.30. The molecule has 0 aromatic carbocycles. The number of aldehydes is 1. The highest BCUT2D eigenvalue weighted by atomic mass is 36.0. The van der Waals surface area contributed by atoms with Crippen molar-refractivity contribution < 1.29 is 62.0 Å². The summed E-state index contributed by atoms with van der Waals surface area (Å²) in [7, 11) is 12.6. The molecule has 0 unspecified atom stereocenters. The van der Waals surface area contributed by atoms with Gasteiger partial charge < -0.3 is 43.4 Å². The number of methoxy groups -OCH3 is 3. The summed E-state index contributed by atoms with van der Waals surface area (Å²) in [6, 6.07) is 9.81. The molecule has 1 fully saturated rings. The van der Waals surface area contributed by atoms with E-state index in [4.69, 9.17) is 37.7 Å². The molecule has 0 aliphatic carbocycles. The minimum absolute atomic E-state index is 0.0310. The maximum atomic E-state index is 11.6. The number of aliphatic hydroxyl groups excluding tert-OH is 1. The molecule has 0 atom stereocenters. The second-order valence-electron chi connectivity index (χ2n) is 9.30. The standard InChI is InChI=1S/C16H16N2O6.C15H14N2O5.CH4O.Cl2OS/c1-21-13-7-11(16-22-5-6-23-16)12(8-18-13)24-9-10-3-2-4-17-14(10)15(19)20;1-20-13-6-11(8-18)12(7-17-13)22-9-10-4-3-5-16-14(10)15(19)21-2;1-2;1-4(2)3/h2-4,7-8,16H,5-6,9H2,1H3,(H,19,20);3-8H,9H2,1-2H3;2H,1H3;. The first kappa shape index (κ1) is 43.2. The monoisotopic (exact) mass is 784 g/mol. The molecule has 0 amide bonds. The number of aromatic carboxylic acids is 1. The van der Waals surface area contributed by atoms with Gasteiger partial charge in [0.1, 0.15) is 24.7 Å². The number of carboxylic acids is 1. The summed E-state index contributed by atoms with van der Waals surface area (Å²) in [6.45, 7) is 1.05. The largest absolute Gasteiger partial charge is 0.487 e. The van der Waals surface area contributed by atoms with Crippen LogP contribution in [0.4, 0.5) is 0 Å². The summed E-state index contributed by atoms with van der Waals surface area (Å²) in [5, 5.41) is 16.2. The zero-order chi connectivity index (χ0) is 38.5. The zero-order valence-electron chi connectivity index (χ0n) is 28.1. The molecule has 280 valence electrons. The van der Waals surface area contributed by atoms with Crippen molar-refractivity contribution in [2.24, 2.45) is 0 Å². The van der Waals surface area contributed by atoms with Crippen LogP contribution in [0, 0.1) is 0 Å². The number of nitrogens with zero attached hydrogens (tertiary/aromatic N) is 4. The van der Waals surface area contributed by atoms with Gasteiger partial charge in [0.05, 0.1) is 58.1 Å². The molecule has 2 N–H and O–H groups in total. The van der Waals surface area contributed by atoms with Gasteiger partial charge >= 0.3 is 11.9 Å². The molecule has 4 aromatic heterocycles. The minimum Gasteiger partial charge on any atom is -0.487 e. The first-order valence-electron chi connectivity index (χ1n) is 14.5. The van der Waals surface area contributed by atoms with Crippen LogP contribution in [0.15, 0.2) is 61.2 Å². The minimum atomic E-state index is -1.67. The maximum absolute atomic E-state index is 11.6. The molecule has 0 spiro atoms. The lowest BCUT2D eigenvalue weighted by Gasteiger charge is -2.16. The SMILES string of the molecule is CO.COC(=O)c1ncccc1COc1cnc(OC)cc1C=O.COc1cc(C2OCCO2)c(OCc2cccnc2C(=O)O)cn1.O=S(Cl)Cl. The lowest BCUT2D eigenvalue weighted by atomic mass is 10.2. The second-order valence-corrected chi connectivity index (χ2v) is 11.8. The predicted octanol–water partition coefficient (Wildman–Crippen LogP) is 4.12. The number of aliphatic hydroxyl groups is 1. The van der Waals surface area contributed by atoms with Crippen LogP contribution < -0.4 is 18.9 Å². The number of halogens is 2. The van der Waals surface area contributed by atoms with E-state index in [1.54, 1.807) is 30.3 Å². The maximum Gasteiger partial charge on any atom is 0.357 e. The number of aromatic nitrogens is 4. The van der Waals surface area contributed by atoms with Crippen molar-refractivity contribution in [3.05, 3.63) is 94.8 Å². The van der Waals surface area contributed by atoms with Crippen molar-refractivity contribution in [1.29, 1.82) is 0 Å². The Kier molecular flexibility index (Phi) is 19.5. The van der Waals surface area contributed by atoms with Crippen molar-refractivity contribution in [2.75, 3.05) is 41.7 Å². The van der Waals surface area contributed by atoms with Crippen LogP contribution in [0.3, 0.4) is 0 Å². The van der Waals surface area contributed by atoms with Crippen LogP contribution in [0.2, 0.25) is 0 Å². The van der Waals surface area contributed by atoms with E-state index in [-0.39, 0.29) is 30.4 Å². The van der Waals surface area contributed by atoms with E-state index in [0.717, 1.165) is 7.11 Å². The Morgan fingerprint density at radius 3 is 1.88 bits per heavy atom. The Hall–Kier alpha value is -4.98.